The summed E-state index contributed by atoms with van der Waals surface area (Å²) in [6.45, 7) is 8.20. The first-order valence-electron chi connectivity index (χ1n) is 11.2. The third-order valence-corrected chi connectivity index (χ3v) is 6.55. The highest BCUT2D eigenvalue weighted by Crippen LogP contribution is 2.40. The molecule has 4 rings (SSSR count). The summed E-state index contributed by atoms with van der Waals surface area (Å²) in [6, 6.07) is 13.7. The maximum atomic E-state index is 12.9. The Kier molecular flexibility index (Phi) is 6.18. The first kappa shape index (κ1) is 24.5. The zero-order chi connectivity index (χ0) is 25.5. The molecule has 3 N–H and O–H groups in total. The van der Waals surface area contributed by atoms with Crippen LogP contribution in [0.3, 0.4) is 0 Å². The van der Waals surface area contributed by atoms with E-state index in [9.17, 15) is 18.0 Å². The minimum Gasteiger partial charge on any atom is -0.352 e. The van der Waals surface area contributed by atoms with Crippen molar-refractivity contribution in [1.29, 1.82) is 0 Å². The van der Waals surface area contributed by atoms with Gasteiger partial charge >= 0.3 is 0 Å². The number of aromatic nitrogens is 2. The fourth-order valence-corrected chi connectivity index (χ4v) is 4.75. The highest BCUT2D eigenvalue weighted by molar-refractivity contribution is 7.92. The van der Waals surface area contributed by atoms with E-state index in [1.165, 1.54) is 6.92 Å². The molecule has 1 atom stereocenters. The van der Waals surface area contributed by atoms with Crippen LogP contribution in [-0.2, 0) is 26.8 Å². The highest BCUT2D eigenvalue weighted by Gasteiger charge is 2.38. The summed E-state index contributed by atoms with van der Waals surface area (Å²) in [5.74, 6) is 0.0178. The van der Waals surface area contributed by atoms with Crippen molar-refractivity contribution in [2.75, 3.05) is 21.2 Å². The van der Waals surface area contributed by atoms with Gasteiger partial charge in [-0.25, -0.2) is 8.42 Å². The smallest absolute Gasteiger partial charge is 0.256 e. The number of hydrogen-bond acceptors (Lipinski definition) is 6. The lowest BCUT2D eigenvalue weighted by atomic mass is 9.87. The van der Waals surface area contributed by atoms with E-state index in [2.05, 4.69) is 41.0 Å². The topological polar surface area (TPSA) is 124 Å². The first-order chi connectivity index (χ1) is 16.3. The number of Topliss-reactive ketones (excluding diaryl/α,β-unsaturated/α-hetero) is 1. The number of sulfonamides is 1. The number of fused-ring (bicyclic) bond motifs is 1. The highest BCUT2D eigenvalue weighted by atomic mass is 32.2. The van der Waals surface area contributed by atoms with Gasteiger partial charge in [0.1, 0.15) is 6.04 Å². The second kappa shape index (κ2) is 8.84. The van der Waals surface area contributed by atoms with Crippen LogP contribution in [0.1, 0.15) is 60.9 Å². The maximum absolute atomic E-state index is 12.9. The standard InChI is InChI=1S/C25H29N5O4S/c1-15(31)22-21-20(14-30(22)19-12-10-18(11-13-19)29-35(5,33)34)23(28-27-21)26-24(32)16-6-8-17(9-7-16)25(2,3)4/h6-13,22,29H,14H2,1-5H3,(H2,26,27,28,32). The fraction of sp³-hybridized carbons (Fsp3) is 0.320. The van der Waals surface area contributed by atoms with Gasteiger partial charge in [0.15, 0.2) is 11.6 Å². The van der Waals surface area contributed by atoms with E-state index >= 15 is 0 Å². The van der Waals surface area contributed by atoms with Gasteiger partial charge in [-0.15, -0.1) is 0 Å². The summed E-state index contributed by atoms with van der Waals surface area (Å²) in [5.41, 5.74) is 4.18. The van der Waals surface area contributed by atoms with Crippen molar-refractivity contribution in [3.63, 3.8) is 0 Å². The molecule has 2 heterocycles. The van der Waals surface area contributed by atoms with Crippen LogP contribution >= 0.6 is 0 Å². The van der Waals surface area contributed by atoms with Crippen LogP contribution in [0, 0.1) is 0 Å². The van der Waals surface area contributed by atoms with Crippen molar-refractivity contribution in [2.24, 2.45) is 0 Å². The molecule has 184 valence electrons. The summed E-state index contributed by atoms with van der Waals surface area (Å²) >= 11 is 0. The van der Waals surface area contributed by atoms with Crippen LogP contribution in [0.15, 0.2) is 48.5 Å². The number of hydrogen-bond donors (Lipinski definition) is 3. The van der Waals surface area contributed by atoms with Crippen LogP contribution in [0.2, 0.25) is 0 Å². The predicted molar refractivity (Wildman–Crippen MR) is 136 cm³/mol. The number of amides is 1. The quantitative estimate of drug-likeness (QED) is 0.475. The van der Waals surface area contributed by atoms with Crippen molar-refractivity contribution in [3.8, 4) is 0 Å². The molecular weight excluding hydrogens is 466 g/mol. The average Bonchev–Trinajstić information content (AvgIpc) is 3.32. The molecule has 1 aliphatic heterocycles. The largest absolute Gasteiger partial charge is 0.352 e. The fourth-order valence-electron chi connectivity index (χ4n) is 4.19. The Labute approximate surface area is 205 Å². The van der Waals surface area contributed by atoms with Gasteiger partial charge in [-0.3, -0.25) is 19.4 Å². The molecular formula is C25H29N5O4S. The maximum Gasteiger partial charge on any atom is 0.256 e. The van der Waals surface area contributed by atoms with Crippen molar-refractivity contribution in [3.05, 3.63) is 70.9 Å². The van der Waals surface area contributed by atoms with Crippen LogP contribution < -0.4 is 14.9 Å². The lowest BCUT2D eigenvalue weighted by molar-refractivity contribution is -0.118. The Balaban J connectivity index is 1.56. The Bertz CT molecular complexity index is 1370. The number of aromatic amines is 1. The molecule has 0 radical (unpaired) electrons. The van der Waals surface area contributed by atoms with Gasteiger partial charge < -0.3 is 10.2 Å². The minimum absolute atomic E-state index is 0.0117. The second-order valence-electron chi connectivity index (χ2n) is 9.81. The molecule has 9 nitrogen and oxygen atoms in total. The molecule has 2 aromatic carbocycles. The molecule has 1 unspecified atom stereocenters. The SMILES string of the molecule is CC(=O)C1c2[nH]nc(NC(=O)c3ccc(C(C)(C)C)cc3)c2CN1c1ccc(NS(C)(=O)=O)cc1. The third kappa shape index (κ3) is 5.22. The zero-order valence-electron chi connectivity index (χ0n) is 20.3. The van der Waals surface area contributed by atoms with Gasteiger partial charge in [-0.2, -0.15) is 5.10 Å². The number of ketones is 1. The van der Waals surface area contributed by atoms with Crippen LogP contribution in [-0.4, -0.2) is 36.6 Å². The zero-order valence-corrected chi connectivity index (χ0v) is 21.2. The Hall–Kier alpha value is -3.66. The van der Waals surface area contributed by atoms with Crippen LogP contribution in [0.4, 0.5) is 17.2 Å². The Morgan fingerprint density at radius 2 is 1.69 bits per heavy atom. The summed E-state index contributed by atoms with van der Waals surface area (Å²) in [5, 5.41) is 10.1. The number of nitrogens with zero attached hydrogens (tertiary/aromatic N) is 2. The van der Waals surface area contributed by atoms with E-state index in [-0.39, 0.29) is 17.1 Å². The lowest BCUT2D eigenvalue weighted by Crippen LogP contribution is -2.27. The molecule has 35 heavy (non-hydrogen) atoms. The van der Waals surface area contributed by atoms with Crippen molar-refractivity contribution >= 4 is 38.9 Å². The van der Waals surface area contributed by atoms with Crippen molar-refractivity contribution < 1.29 is 18.0 Å². The normalized spacial score (nSPS) is 15.6. The van der Waals surface area contributed by atoms with Crippen LogP contribution in [0.5, 0.6) is 0 Å². The van der Waals surface area contributed by atoms with E-state index in [0.717, 1.165) is 23.1 Å². The van der Waals surface area contributed by atoms with Crippen molar-refractivity contribution in [1.82, 2.24) is 10.2 Å². The van der Waals surface area contributed by atoms with Gasteiger partial charge in [-0.1, -0.05) is 32.9 Å². The minimum atomic E-state index is -3.39. The van der Waals surface area contributed by atoms with Gasteiger partial charge in [0.2, 0.25) is 10.0 Å². The number of benzene rings is 2. The predicted octanol–water partition coefficient (Wildman–Crippen LogP) is 3.98. The molecule has 1 aliphatic rings. The summed E-state index contributed by atoms with van der Waals surface area (Å²) < 4.78 is 25.4. The molecule has 1 aromatic heterocycles. The monoisotopic (exact) mass is 495 g/mol. The molecule has 0 bridgehead atoms. The molecule has 1 amide bonds. The Morgan fingerprint density at radius 1 is 1.06 bits per heavy atom. The third-order valence-electron chi connectivity index (χ3n) is 5.95. The van der Waals surface area contributed by atoms with Gasteiger partial charge in [-0.05, 0) is 54.3 Å². The lowest BCUT2D eigenvalue weighted by Gasteiger charge is -2.25. The van der Waals surface area contributed by atoms with Gasteiger partial charge in [0, 0.05) is 29.0 Å². The van der Waals surface area contributed by atoms with E-state index in [1.54, 1.807) is 36.4 Å². The van der Waals surface area contributed by atoms with E-state index < -0.39 is 16.1 Å². The number of carbonyl (C=O) groups is 2. The van der Waals surface area contributed by atoms with Gasteiger partial charge in [0.25, 0.3) is 5.91 Å². The summed E-state index contributed by atoms with van der Waals surface area (Å²) in [4.78, 5) is 27.3. The number of nitrogens with one attached hydrogen (secondary N) is 3. The van der Waals surface area contributed by atoms with Crippen LogP contribution in [0.25, 0.3) is 0 Å². The number of carbonyl (C=O) groups excluding carboxylic acids is 2. The molecule has 0 saturated heterocycles. The molecule has 3 aromatic rings. The number of anilines is 3. The Morgan fingerprint density at radius 3 is 2.23 bits per heavy atom. The summed E-state index contributed by atoms with van der Waals surface area (Å²) in [7, 11) is -3.39. The molecule has 10 heteroatoms. The number of rotatable bonds is 6. The van der Waals surface area contributed by atoms with E-state index in [0.29, 0.717) is 29.3 Å². The second-order valence-corrected chi connectivity index (χ2v) is 11.6. The molecule has 0 saturated carbocycles. The van der Waals surface area contributed by atoms with Gasteiger partial charge in [0.05, 0.1) is 11.9 Å². The van der Waals surface area contributed by atoms with Crippen molar-refractivity contribution in [2.45, 2.75) is 45.7 Å². The average molecular weight is 496 g/mol. The number of H-pyrrole nitrogens is 1. The molecule has 0 aliphatic carbocycles. The van der Waals surface area contributed by atoms with E-state index in [4.69, 9.17) is 0 Å². The van der Waals surface area contributed by atoms with E-state index in [1.807, 2.05) is 17.0 Å². The molecule has 0 fully saturated rings. The summed E-state index contributed by atoms with van der Waals surface area (Å²) in [6.07, 6.45) is 1.08. The molecule has 0 spiro atoms. The first-order valence-corrected chi connectivity index (χ1v) is 13.1.